The van der Waals surface area contributed by atoms with Gasteiger partial charge in [-0.3, -0.25) is 9.69 Å². The number of rotatable bonds is 7. The Labute approximate surface area is 191 Å². The topological polar surface area (TPSA) is 73.8 Å². The van der Waals surface area contributed by atoms with Crippen molar-refractivity contribution in [1.82, 2.24) is 10.2 Å². The number of amides is 1. The van der Waals surface area contributed by atoms with Gasteiger partial charge in [-0.1, -0.05) is 24.7 Å². The number of carbonyl (C=O) groups is 1. The average Bonchev–Trinajstić information content (AvgIpc) is 3.28. The highest BCUT2D eigenvalue weighted by molar-refractivity contribution is 7.18. The molecule has 0 radical (unpaired) electrons. The number of ether oxygens (including phenoxy) is 3. The number of carbonyl (C=O) groups excluding carboxylic acids is 1. The molecule has 1 aliphatic heterocycles. The smallest absolute Gasteiger partial charge is 0.260 e. The van der Waals surface area contributed by atoms with Crippen LogP contribution in [0.4, 0.5) is 5.13 Å². The van der Waals surface area contributed by atoms with Crippen LogP contribution in [-0.4, -0.2) is 43.0 Å². The van der Waals surface area contributed by atoms with Crippen molar-refractivity contribution < 1.29 is 19.0 Å². The zero-order valence-corrected chi connectivity index (χ0v) is 19.6. The number of methoxy groups -OCH3 is 1. The summed E-state index contributed by atoms with van der Waals surface area (Å²) in [4.78, 5) is 15.1. The van der Waals surface area contributed by atoms with E-state index in [4.69, 9.17) is 14.2 Å². The summed E-state index contributed by atoms with van der Waals surface area (Å²) in [7, 11) is 1.67. The second kappa shape index (κ2) is 9.56. The summed E-state index contributed by atoms with van der Waals surface area (Å²) in [5, 5.41) is 10.1. The first kappa shape index (κ1) is 22.1. The van der Waals surface area contributed by atoms with E-state index in [0.29, 0.717) is 42.0 Å². The van der Waals surface area contributed by atoms with E-state index < -0.39 is 0 Å². The first-order valence-electron chi connectivity index (χ1n) is 10.7. The van der Waals surface area contributed by atoms with E-state index in [1.54, 1.807) is 30.2 Å². The molecule has 168 valence electrons. The molecule has 0 unspecified atom stereocenters. The molecule has 8 heteroatoms. The van der Waals surface area contributed by atoms with Gasteiger partial charge in [0.1, 0.15) is 24.0 Å². The second-order valence-corrected chi connectivity index (χ2v) is 8.66. The maximum absolute atomic E-state index is 13.4. The van der Waals surface area contributed by atoms with Gasteiger partial charge < -0.3 is 14.2 Å². The maximum atomic E-state index is 13.4. The van der Waals surface area contributed by atoms with E-state index >= 15 is 0 Å². The molecular weight excluding hydrogens is 426 g/mol. The van der Waals surface area contributed by atoms with Gasteiger partial charge in [-0.15, -0.1) is 10.2 Å². The first-order chi connectivity index (χ1) is 15.5. The van der Waals surface area contributed by atoms with Gasteiger partial charge in [-0.25, -0.2) is 0 Å². The van der Waals surface area contributed by atoms with E-state index in [0.717, 1.165) is 40.3 Å². The van der Waals surface area contributed by atoms with E-state index in [2.05, 4.69) is 17.1 Å². The number of nitrogens with zero attached hydrogens (tertiary/aromatic N) is 3. The molecule has 0 saturated heterocycles. The van der Waals surface area contributed by atoms with Crippen molar-refractivity contribution in [1.29, 1.82) is 0 Å². The molecule has 0 spiro atoms. The summed E-state index contributed by atoms with van der Waals surface area (Å²) >= 11 is 1.41. The third kappa shape index (κ3) is 4.41. The lowest BCUT2D eigenvalue weighted by molar-refractivity contribution is 0.0985. The summed E-state index contributed by atoms with van der Waals surface area (Å²) in [6.07, 6.45) is 1.83. The summed E-state index contributed by atoms with van der Waals surface area (Å²) in [6.45, 7) is 7.68. The van der Waals surface area contributed by atoms with Crippen LogP contribution >= 0.6 is 11.3 Å². The predicted molar refractivity (Wildman–Crippen MR) is 125 cm³/mol. The van der Waals surface area contributed by atoms with Gasteiger partial charge in [-0.05, 0) is 61.7 Å². The fourth-order valence-corrected chi connectivity index (χ4v) is 4.63. The number of hydrogen-bond acceptors (Lipinski definition) is 7. The average molecular weight is 454 g/mol. The number of anilines is 1. The minimum atomic E-state index is -0.125. The second-order valence-electron chi connectivity index (χ2n) is 7.70. The number of aromatic nitrogens is 2. The van der Waals surface area contributed by atoms with Crippen molar-refractivity contribution in [3.05, 3.63) is 47.0 Å². The Morgan fingerprint density at radius 2 is 1.81 bits per heavy atom. The van der Waals surface area contributed by atoms with Crippen molar-refractivity contribution in [2.75, 3.05) is 31.8 Å². The largest absolute Gasteiger partial charge is 0.496 e. The highest BCUT2D eigenvalue weighted by Crippen LogP contribution is 2.35. The van der Waals surface area contributed by atoms with Crippen LogP contribution in [0.25, 0.3) is 10.6 Å². The molecular formula is C24H27N3O4S. The Hall–Kier alpha value is -3.13. The summed E-state index contributed by atoms with van der Waals surface area (Å²) in [5.74, 6) is 2.01. The minimum absolute atomic E-state index is 0.125. The van der Waals surface area contributed by atoms with Crippen molar-refractivity contribution >= 4 is 22.4 Å². The van der Waals surface area contributed by atoms with E-state index in [-0.39, 0.29) is 5.91 Å². The molecule has 1 amide bonds. The molecule has 2 heterocycles. The van der Waals surface area contributed by atoms with Crippen LogP contribution in [0.2, 0.25) is 0 Å². The molecule has 0 bridgehead atoms. The van der Waals surface area contributed by atoms with Crippen LogP contribution in [0.5, 0.6) is 17.2 Å². The molecule has 0 fully saturated rings. The molecule has 1 aromatic heterocycles. The monoisotopic (exact) mass is 453 g/mol. The normalized spacial score (nSPS) is 12.5. The van der Waals surface area contributed by atoms with Crippen LogP contribution in [-0.2, 0) is 0 Å². The van der Waals surface area contributed by atoms with Crippen LogP contribution in [0.1, 0.15) is 41.3 Å². The number of hydrogen-bond donors (Lipinski definition) is 0. The minimum Gasteiger partial charge on any atom is -0.496 e. The third-order valence-electron chi connectivity index (χ3n) is 5.33. The Bertz CT molecular complexity index is 1110. The highest BCUT2D eigenvalue weighted by atomic mass is 32.1. The van der Waals surface area contributed by atoms with Crippen molar-refractivity contribution in [3.8, 4) is 27.8 Å². The standard InChI is InChI=1S/C24H27N3O4S/c1-5-6-9-27(23(28)17-7-8-19-20(14-17)31-11-10-30-19)24-26-25-22(32-24)18-12-15(2)21(29-4)16(3)13-18/h7-8,12-14H,5-6,9-11H2,1-4H3. The predicted octanol–water partition coefficient (Wildman–Crippen LogP) is 5.05. The molecule has 0 aliphatic carbocycles. The number of benzene rings is 2. The number of unbranched alkanes of at least 4 members (excludes halogenated alkanes) is 1. The molecule has 3 aromatic rings. The number of aryl methyl sites for hydroxylation is 2. The van der Waals surface area contributed by atoms with Crippen LogP contribution in [0.3, 0.4) is 0 Å². The highest BCUT2D eigenvalue weighted by Gasteiger charge is 2.24. The molecule has 4 rings (SSSR count). The SMILES string of the molecule is CCCCN(C(=O)c1ccc2c(c1)OCCO2)c1nnc(-c2cc(C)c(OC)c(C)c2)s1. The van der Waals surface area contributed by atoms with Gasteiger partial charge in [0.05, 0.1) is 7.11 Å². The quantitative estimate of drug-likeness (QED) is 0.498. The lowest BCUT2D eigenvalue weighted by Crippen LogP contribution is -2.32. The number of fused-ring (bicyclic) bond motifs is 1. The zero-order valence-electron chi connectivity index (χ0n) is 18.8. The van der Waals surface area contributed by atoms with E-state index in [1.165, 1.54) is 11.3 Å². The van der Waals surface area contributed by atoms with Crippen LogP contribution in [0.15, 0.2) is 30.3 Å². The van der Waals surface area contributed by atoms with E-state index in [9.17, 15) is 4.79 Å². The fraction of sp³-hybridized carbons (Fsp3) is 0.375. The van der Waals surface area contributed by atoms with Crippen molar-refractivity contribution in [2.45, 2.75) is 33.6 Å². The summed E-state index contributed by atoms with van der Waals surface area (Å²) in [6, 6.07) is 9.37. The molecule has 2 aromatic carbocycles. The molecule has 0 saturated carbocycles. The zero-order chi connectivity index (χ0) is 22.7. The van der Waals surface area contributed by atoms with Gasteiger partial charge in [0.2, 0.25) is 5.13 Å². The molecule has 0 N–H and O–H groups in total. The fourth-order valence-electron chi connectivity index (χ4n) is 3.77. The summed E-state index contributed by atoms with van der Waals surface area (Å²) in [5.41, 5.74) is 3.58. The maximum Gasteiger partial charge on any atom is 0.260 e. The lowest BCUT2D eigenvalue weighted by Gasteiger charge is -2.22. The summed E-state index contributed by atoms with van der Waals surface area (Å²) < 4.78 is 16.7. The lowest BCUT2D eigenvalue weighted by atomic mass is 10.1. The van der Waals surface area contributed by atoms with Crippen molar-refractivity contribution in [2.24, 2.45) is 0 Å². The Morgan fingerprint density at radius 3 is 2.50 bits per heavy atom. The Morgan fingerprint density at radius 1 is 1.09 bits per heavy atom. The van der Waals surface area contributed by atoms with Gasteiger partial charge >= 0.3 is 0 Å². The molecule has 1 aliphatic rings. The van der Waals surface area contributed by atoms with Crippen LogP contribution < -0.4 is 19.1 Å². The first-order valence-corrected chi connectivity index (χ1v) is 11.5. The third-order valence-corrected chi connectivity index (χ3v) is 6.32. The van der Waals surface area contributed by atoms with E-state index in [1.807, 2.05) is 26.0 Å². The molecule has 7 nitrogen and oxygen atoms in total. The Kier molecular flexibility index (Phi) is 6.60. The molecule has 0 atom stereocenters. The van der Waals surface area contributed by atoms with Gasteiger partial charge in [-0.2, -0.15) is 0 Å². The molecule has 32 heavy (non-hydrogen) atoms. The van der Waals surface area contributed by atoms with Crippen LogP contribution in [0, 0.1) is 13.8 Å². The van der Waals surface area contributed by atoms with Gasteiger partial charge in [0, 0.05) is 17.7 Å². The van der Waals surface area contributed by atoms with Crippen molar-refractivity contribution in [3.63, 3.8) is 0 Å². The Balaban J connectivity index is 1.64. The van der Waals surface area contributed by atoms with Gasteiger partial charge in [0.25, 0.3) is 5.91 Å². The van der Waals surface area contributed by atoms with Gasteiger partial charge in [0.15, 0.2) is 11.5 Å².